The molecule has 58 valence electrons. The number of hydrogen-bond acceptors (Lipinski definition) is 1. The summed E-state index contributed by atoms with van der Waals surface area (Å²) in [4.78, 5) is 0. The maximum Gasteiger partial charge on any atom is 0.0293 e. The molecule has 0 aliphatic heterocycles. The first-order valence-electron chi connectivity index (χ1n) is 3.75. The summed E-state index contributed by atoms with van der Waals surface area (Å²) in [5.74, 6) is 0. The molecule has 1 heteroatoms. The molecule has 0 aromatic rings. The van der Waals surface area contributed by atoms with Gasteiger partial charge in [0.05, 0.1) is 0 Å². The first-order chi connectivity index (χ1) is 4.74. The van der Waals surface area contributed by atoms with Gasteiger partial charge in [-0.05, 0) is 26.3 Å². The van der Waals surface area contributed by atoms with Gasteiger partial charge in [-0.3, -0.25) is 0 Å². The van der Waals surface area contributed by atoms with Crippen LogP contribution in [0.2, 0.25) is 0 Å². The van der Waals surface area contributed by atoms with Gasteiger partial charge in [0, 0.05) is 12.7 Å². The zero-order valence-corrected chi connectivity index (χ0v) is 7.36. The first-order valence-corrected chi connectivity index (χ1v) is 3.75. The molecule has 0 saturated heterocycles. The standard InChI is InChI=1S/C9H17N/c1-5-8(3)7-9(6-2)10-4/h6-7,10H,5H2,1-4H3/b8-7-,9-6+. The van der Waals surface area contributed by atoms with Crippen LogP contribution in [-0.4, -0.2) is 7.05 Å². The minimum absolute atomic E-state index is 1.12. The highest BCUT2D eigenvalue weighted by atomic mass is 14.8. The third-order valence-electron chi connectivity index (χ3n) is 1.56. The Morgan fingerprint density at radius 2 is 2.10 bits per heavy atom. The van der Waals surface area contributed by atoms with Crippen molar-refractivity contribution in [1.82, 2.24) is 5.32 Å². The van der Waals surface area contributed by atoms with Crippen LogP contribution in [-0.2, 0) is 0 Å². The molecule has 0 bridgehead atoms. The van der Waals surface area contributed by atoms with E-state index in [1.54, 1.807) is 0 Å². The fourth-order valence-electron chi connectivity index (χ4n) is 0.667. The van der Waals surface area contributed by atoms with Crippen LogP contribution >= 0.6 is 0 Å². The number of likely N-dealkylation sites (N-methyl/N-ethyl adjacent to an activating group) is 1. The lowest BCUT2D eigenvalue weighted by molar-refractivity contribution is 1.00. The van der Waals surface area contributed by atoms with Crippen molar-refractivity contribution < 1.29 is 0 Å². The van der Waals surface area contributed by atoms with Crippen molar-refractivity contribution in [3.05, 3.63) is 23.4 Å². The highest BCUT2D eigenvalue weighted by Crippen LogP contribution is 2.01. The Balaban J connectivity index is 4.08. The van der Waals surface area contributed by atoms with E-state index in [1.807, 2.05) is 14.0 Å². The van der Waals surface area contributed by atoms with E-state index in [0.29, 0.717) is 0 Å². The summed E-state index contributed by atoms with van der Waals surface area (Å²) in [6.07, 6.45) is 5.36. The number of allylic oxidation sites excluding steroid dienone is 3. The molecule has 0 fully saturated rings. The molecule has 0 saturated carbocycles. The summed E-state index contributed by atoms with van der Waals surface area (Å²) in [7, 11) is 1.94. The third kappa shape index (κ3) is 3.33. The molecule has 1 N–H and O–H groups in total. The molecule has 0 unspecified atom stereocenters. The van der Waals surface area contributed by atoms with Gasteiger partial charge in [-0.25, -0.2) is 0 Å². The molecular weight excluding hydrogens is 122 g/mol. The van der Waals surface area contributed by atoms with Crippen molar-refractivity contribution in [2.45, 2.75) is 27.2 Å². The SMILES string of the molecule is C/C=C(\C=C(\C)CC)NC. The average Bonchev–Trinajstić information content (AvgIpc) is 1.99. The van der Waals surface area contributed by atoms with Crippen LogP contribution in [0.4, 0.5) is 0 Å². The van der Waals surface area contributed by atoms with Crippen molar-refractivity contribution in [1.29, 1.82) is 0 Å². The van der Waals surface area contributed by atoms with Gasteiger partial charge < -0.3 is 5.32 Å². The maximum atomic E-state index is 3.10. The van der Waals surface area contributed by atoms with Crippen LogP contribution in [0.1, 0.15) is 27.2 Å². The van der Waals surface area contributed by atoms with E-state index >= 15 is 0 Å². The van der Waals surface area contributed by atoms with Crippen molar-refractivity contribution in [3.63, 3.8) is 0 Å². The fraction of sp³-hybridized carbons (Fsp3) is 0.556. The molecule has 0 radical (unpaired) electrons. The number of rotatable bonds is 3. The highest BCUT2D eigenvalue weighted by Gasteiger charge is 1.86. The van der Waals surface area contributed by atoms with Crippen LogP contribution in [0, 0.1) is 0 Å². The fourth-order valence-corrected chi connectivity index (χ4v) is 0.667. The van der Waals surface area contributed by atoms with Gasteiger partial charge in [-0.15, -0.1) is 0 Å². The molecule has 0 spiro atoms. The van der Waals surface area contributed by atoms with Crippen LogP contribution in [0.15, 0.2) is 23.4 Å². The molecular formula is C9H17N. The minimum Gasteiger partial charge on any atom is -0.388 e. The maximum absolute atomic E-state index is 3.10. The predicted octanol–water partition coefficient (Wildman–Crippen LogP) is 2.47. The van der Waals surface area contributed by atoms with Crippen LogP contribution in [0.25, 0.3) is 0 Å². The second kappa shape index (κ2) is 5.10. The van der Waals surface area contributed by atoms with E-state index in [-0.39, 0.29) is 0 Å². The van der Waals surface area contributed by atoms with E-state index in [4.69, 9.17) is 0 Å². The van der Waals surface area contributed by atoms with Gasteiger partial charge >= 0.3 is 0 Å². The van der Waals surface area contributed by atoms with Crippen LogP contribution in [0.3, 0.4) is 0 Å². The van der Waals surface area contributed by atoms with Crippen molar-refractivity contribution in [2.24, 2.45) is 0 Å². The largest absolute Gasteiger partial charge is 0.388 e. The highest BCUT2D eigenvalue weighted by molar-refractivity contribution is 5.19. The van der Waals surface area contributed by atoms with Gasteiger partial charge in [-0.1, -0.05) is 18.6 Å². The normalized spacial score (nSPS) is 13.6. The molecule has 0 aromatic carbocycles. The molecule has 0 rings (SSSR count). The lowest BCUT2D eigenvalue weighted by Crippen LogP contribution is -2.02. The number of hydrogen-bond donors (Lipinski definition) is 1. The summed E-state index contributed by atoms with van der Waals surface area (Å²) in [6, 6.07) is 0. The smallest absolute Gasteiger partial charge is 0.0293 e. The summed E-state index contributed by atoms with van der Waals surface area (Å²) in [5.41, 5.74) is 2.60. The summed E-state index contributed by atoms with van der Waals surface area (Å²) < 4.78 is 0. The van der Waals surface area contributed by atoms with Crippen molar-refractivity contribution >= 4 is 0 Å². The quantitative estimate of drug-likeness (QED) is 0.592. The lowest BCUT2D eigenvalue weighted by Gasteiger charge is -2.00. The minimum atomic E-state index is 1.12. The summed E-state index contributed by atoms with van der Waals surface area (Å²) in [6.45, 7) is 6.33. The Kier molecular flexibility index (Phi) is 4.73. The van der Waals surface area contributed by atoms with Crippen LogP contribution < -0.4 is 5.32 Å². The zero-order valence-electron chi connectivity index (χ0n) is 7.36. The predicted molar refractivity (Wildman–Crippen MR) is 46.9 cm³/mol. The molecule has 0 aliphatic carbocycles. The second-order valence-electron chi connectivity index (χ2n) is 2.34. The Morgan fingerprint density at radius 3 is 2.40 bits per heavy atom. The van der Waals surface area contributed by atoms with E-state index < -0.39 is 0 Å². The van der Waals surface area contributed by atoms with E-state index in [1.165, 1.54) is 11.3 Å². The first kappa shape index (κ1) is 9.28. The molecule has 0 aromatic heterocycles. The Bertz CT molecular complexity index is 143. The van der Waals surface area contributed by atoms with Gasteiger partial charge in [0.25, 0.3) is 0 Å². The molecule has 0 atom stereocenters. The molecule has 1 nitrogen and oxygen atoms in total. The van der Waals surface area contributed by atoms with E-state index in [0.717, 1.165) is 6.42 Å². The molecule has 0 aliphatic rings. The summed E-state index contributed by atoms with van der Waals surface area (Å²) >= 11 is 0. The van der Waals surface area contributed by atoms with Gasteiger partial charge in [-0.2, -0.15) is 0 Å². The van der Waals surface area contributed by atoms with Crippen molar-refractivity contribution in [2.75, 3.05) is 7.05 Å². The Labute approximate surface area is 63.8 Å². The molecule has 0 amide bonds. The van der Waals surface area contributed by atoms with Crippen LogP contribution in [0.5, 0.6) is 0 Å². The van der Waals surface area contributed by atoms with Crippen molar-refractivity contribution in [3.8, 4) is 0 Å². The number of nitrogens with one attached hydrogen (secondary N) is 1. The average molecular weight is 139 g/mol. The van der Waals surface area contributed by atoms with Gasteiger partial charge in [0.2, 0.25) is 0 Å². The van der Waals surface area contributed by atoms with Gasteiger partial charge in [0.1, 0.15) is 0 Å². The summed E-state index contributed by atoms with van der Waals surface area (Å²) in [5, 5.41) is 3.10. The second-order valence-corrected chi connectivity index (χ2v) is 2.34. The van der Waals surface area contributed by atoms with E-state index in [9.17, 15) is 0 Å². The molecule has 10 heavy (non-hydrogen) atoms. The third-order valence-corrected chi connectivity index (χ3v) is 1.56. The topological polar surface area (TPSA) is 12.0 Å². The zero-order chi connectivity index (χ0) is 7.98. The van der Waals surface area contributed by atoms with E-state index in [2.05, 4.69) is 31.3 Å². The Hall–Kier alpha value is -0.720. The Morgan fingerprint density at radius 1 is 1.50 bits per heavy atom. The van der Waals surface area contributed by atoms with Gasteiger partial charge in [0.15, 0.2) is 0 Å². The lowest BCUT2D eigenvalue weighted by atomic mass is 10.2. The monoisotopic (exact) mass is 139 g/mol. The molecule has 0 heterocycles.